The molecule has 0 aliphatic heterocycles. The van der Waals surface area contributed by atoms with Crippen molar-refractivity contribution in [1.82, 2.24) is 5.32 Å². The van der Waals surface area contributed by atoms with Crippen LogP contribution in [0.1, 0.15) is 64.7 Å². The third kappa shape index (κ3) is 11.9. The molecule has 0 aliphatic carbocycles. The summed E-state index contributed by atoms with van der Waals surface area (Å²) in [5.74, 6) is -1.71. The number of carboxylic acid groups (broad SMARTS) is 1. The highest BCUT2D eigenvalue weighted by atomic mass is 17.1. The van der Waals surface area contributed by atoms with Crippen molar-refractivity contribution in [2.24, 2.45) is 0 Å². The molecule has 0 spiro atoms. The van der Waals surface area contributed by atoms with Gasteiger partial charge < -0.3 is 15.3 Å². The third-order valence-corrected chi connectivity index (χ3v) is 3.16. The summed E-state index contributed by atoms with van der Waals surface area (Å²) >= 11 is 0. The van der Waals surface area contributed by atoms with Gasteiger partial charge in [-0.1, -0.05) is 38.7 Å². The molecule has 0 aromatic heterocycles. The predicted molar refractivity (Wildman–Crippen MR) is 79.6 cm³/mol. The minimum atomic E-state index is -0.958. The van der Waals surface area contributed by atoms with Crippen LogP contribution in [0.15, 0.2) is 12.3 Å². The van der Waals surface area contributed by atoms with Gasteiger partial charge in [0, 0.05) is 6.42 Å². The summed E-state index contributed by atoms with van der Waals surface area (Å²) in [6.07, 6.45) is 11.2. The molecule has 3 N–H and O–H groups in total. The predicted octanol–water partition coefficient (Wildman–Crippen LogP) is 3.09. The zero-order valence-corrected chi connectivity index (χ0v) is 12.7. The topological polar surface area (TPSA) is 95.9 Å². The van der Waals surface area contributed by atoms with Crippen LogP contribution in [0, 0.1) is 0 Å². The highest BCUT2D eigenvalue weighted by Gasteiger charge is 2.15. The Balaban J connectivity index is 3.78. The number of carbonyl (C=O) groups is 2. The number of rotatable bonds is 13. The Morgan fingerprint density at radius 3 is 2.52 bits per heavy atom. The lowest BCUT2D eigenvalue weighted by atomic mass is 10.1. The average molecular weight is 301 g/mol. The molecule has 0 radical (unpaired) electrons. The van der Waals surface area contributed by atoms with E-state index in [0.29, 0.717) is 12.8 Å². The van der Waals surface area contributed by atoms with Crippen molar-refractivity contribution in [3.8, 4) is 0 Å². The van der Waals surface area contributed by atoms with E-state index in [1.165, 1.54) is 25.7 Å². The Kier molecular flexibility index (Phi) is 12.4. The smallest absolute Gasteiger partial charge is 0.342 e. The molecule has 6 nitrogen and oxygen atoms in total. The van der Waals surface area contributed by atoms with Crippen LogP contribution in [-0.4, -0.2) is 28.3 Å². The lowest BCUT2D eigenvalue weighted by Crippen LogP contribution is -2.33. The number of carbonyl (C=O) groups excluding carboxylic acids is 1. The minimum Gasteiger partial charge on any atom is -0.480 e. The number of nitrogens with one attached hydrogen (secondary N) is 1. The van der Waals surface area contributed by atoms with Crippen LogP contribution in [0.4, 0.5) is 0 Å². The molecule has 0 aliphatic rings. The lowest BCUT2D eigenvalue weighted by Gasteiger charge is -2.11. The molecule has 0 saturated heterocycles. The van der Waals surface area contributed by atoms with Crippen LogP contribution in [-0.2, 0) is 14.5 Å². The van der Waals surface area contributed by atoms with Crippen LogP contribution < -0.4 is 5.32 Å². The first kappa shape index (κ1) is 19.4. The fourth-order valence-electron chi connectivity index (χ4n) is 1.91. The molecule has 0 fully saturated rings. The van der Waals surface area contributed by atoms with Gasteiger partial charge in [0.2, 0.25) is 0 Å². The van der Waals surface area contributed by atoms with E-state index < -0.39 is 18.0 Å². The van der Waals surface area contributed by atoms with Crippen molar-refractivity contribution in [2.75, 3.05) is 0 Å². The van der Waals surface area contributed by atoms with Crippen molar-refractivity contribution in [2.45, 2.75) is 70.8 Å². The second-order valence-corrected chi connectivity index (χ2v) is 5.02. The molecule has 1 unspecified atom stereocenters. The molecular formula is C15H27NO5. The van der Waals surface area contributed by atoms with Gasteiger partial charge in [-0.15, -0.1) is 0 Å². The first-order valence-corrected chi connectivity index (χ1v) is 7.60. The minimum absolute atomic E-state index is 0.00308. The normalized spacial score (nSPS) is 12.3. The quantitative estimate of drug-likeness (QED) is 0.275. The molecule has 0 amide bonds. The molecule has 1 atom stereocenters. The van der Waals surface area contributed by atoms with Gasteiger partial charge in [-0.3, -0.25) is 0 Å². The van der Waals surface area contributed by atoms with Gasteiger partial charge in [-0.25, -0.2) is 9.59 Å². The number of aliphatic carboxylic acids is 1. The molecule has 122 valence electrons. The van der Waals surface area contributed by atoms with Crippen molar-refractivity contribution in [3.63, 3.8) is 0 Å². The van der Waals surface area contributed by atoms with E-state index in [1.54, 1.807) is 6.20 Å². The fraction of sp³-hybridized carbons (Fsp3) is 0.733. The van der Waals surface area contributed by atoms with Crippen LogP contribution in [0.2, 0.25) is 0 Å². The Morgan fingerprint density at radius 1 is 1.19 bits per heavy atom. The first-order valence-electron chi connectivity index (χ1n) is 7.60. The van der Waals surface area contributed by atoms with Crippen molar-refractivity contribution in [3.05, 3.63) is 12.3 Å². The maximum atomic E-state index is 11.0. The van der Waals surface area contributed by atoms with E-state index in [-0.39, 0.29) is 6.42 Å². The summed E-state index contributed by atoms with van der Waals surface area (Å²) in [6, 6.07) is -0.729. The lowest BCUT2D eigenvalue weighted by molar-refractivity contribution is -0.234. The standard InChI is InChI=1S/C15H27NO5/c1-2-3-4-5-6-7-8-12-16-13(15(18)19)10-9-11-14(17)21-20/h8,12-13,16,20H,2-7,9-11H2,1H3,(H,18,19)/b12-8+. The number of carboxylic acids is 1. The zero-order valence-electron chi connectivity index (χ0n) is 12.7. The zero-order chi connectivity index (χ0) is 15.9. The van der Waals surface area contributed by atoms with E-state index in [1.807, 2.05) is 6.08 Å². The van der Waals surface area contributed by atoms with E-state index in [2.05, 4.69) is 17.1 Å². The average Bonchev–Trinajstić information content (AvgIpc) is 2.47. The number of hydrogen-bond donors (Lipinski definition) is 3. The van der Waals surface area contributed by atoms with Gasteiger partial charge in [-0.2, -0.15) is 5.26 Å². The van der Waals surface area contributed by atoms with Crippen molar-refractivity contribution in [1.29, 1.82) is 0 Å². The molecule has 0 bridgehead atoms. The maximum absolute atomic E-state index is 11.0. The Hall–Kier alpha value is -1.56. The molecule has 0 heterocycles. The van der Waals surface area contributed by atoms with E-state index in [0.717, 1.165) is 12.8 Å². The van der Waals surface area contributed by atoms with Crippen LogP contribution in [0.25, 0.3) is 0 Å². The van der Waals surface area contributed by atoms with E-state index >= 15 is 0 Å². The second kappa shape index (κ2) is 13.4. The van der Waals surface area contributed by atoms with E-state index in [4.69, 9.17) is 10.4 Å². The summed E-state index contributed by atoms with van der Waals surface area (Å²) in [4.78, 5) is 25.3. The summed E-state index contributed by atoms with van der Waals surface area (Å²) in [5.41, 5.74) is 0. The van der Waals surface area contributed by atoms with Gasteiger partial charge in [0.15, 0.2) is 0 Å². The van der Waals surface area contributed by atoms with Gasteiger partial charge in [0.05, 0.1) is 0 Å². The number of hydrogen-bond acceptors (Lipinski definition) is 5. The SMILES string of the molecule is CCCCCCC/C=C/NC(CCCC(=O)OO)C(=O)O. The highest BCUT2D eigenvalue weighted by molar-refractivity contribution is 5.73. The van der Waals surface area contributed by atoms with E-state index in [9.17, 15) is 9.59 Å². The highest BCUT2D eigenvalue weighted by Crippen LogP contribution is 2.06. The molecule has 0 aromatic carbocycles. The van der Waals surface area contributed by atoms with Crippen LogP contribution >= 0.6 is 0 Å². The molecule has 0 aromatic rings. The summed E-state index contributed by atoms with van der Waals surface area (Å²) < 4.78 is 0. The number of unbranched alkanes of at least 4 members (excludes halogenated alkanes) is 5. The Morgan fingerprint density at radius 2 is 1.90 bits per heavy atom. The van der Waals surface area contributed by atoms with Gasteiger partial charge in [0.1, 0.15) is 6.04 Å². The molecular weight excluding hydrogens is 274 g/mol. The summed E-state index contributed by atoms with van der Waals surface area (Å²) in [5, 5.41) is 19.9. The van der Waals surface area contributed by atoms with Crippen LogP contribution in [0.5, 0.6) is 0 Å². The van der Waals surface area contributed by atoms with Gasteiger partial charge in [-0.05, 0) is 31.9 Å². The number of allylic oxidation sites excluding steroid dienone is 1. The third-order valence-electron chi connectivity index (χ3n) is 3.16. The van der Waals surface area contributed by atoms with Gasteiger partial charge in [0.25, 0.3) is 0 Å². The van der Waals surface area contributed by atoms with Crippen molar-refractivity contribution < 1.29 is 24.8 Å². The largest absolute Gasteiger partial charge is 0.480 e. The molecule has 6 heteroatoms. The second-order valence-electron chi connectivity index (χ2n) is 5.02. The molecule has 0 rings (SSSR count). The fourth-order valence-corrected chi connectivity index (χ4v) is 1.91. The summed E-state index contributed by atoms with van der Waals surface area (Å²) in [6.45, 7) is 2.18. The monoisotopic (exact) mass is 301 g/mol. The molecule has 0 saturated carbocycles. The van der Waals surface area contributed by atoms with Crippen LogP contribution in [0.3, 0.4) is 0 Å². The molecule has 21 heavy (non-hydrogen) atoms. The maximum Gasteiger partial charge on any atom is 0.342 e. The first-order chi connectivity index (χ1) is 10.1. The van der Waals surface area contributed by atoms with Gasteiger partial charge >= 0.3 is 11.9 Å². The Bertz CT molecular complexity index is 317. The summed E-state index contributed by atoms with van der Waals surface area (Å²) in [7, 11) is 0. The van der Waals surface area contributed by atoms with Crippen molar-refractivity contribution >= 4 is 11.9 Å². The Labute approximate surface area is 126 Å².